The molecule has 0 radical (unpaired) electrons. The molecule has 2 heterocycles. The van der Waals surface area contributed by atoms with Crippen LogP contribution in [0.4, 0.5) is 37.7 Å². The molecule has 9 nitrogen and oxygen atoms in total. The van der Waals surface area contributed by atoms with Crippen molar-refractivity contribution < 1.29 is 41.0 Å². The first-order chi connectivity index (χ1) is 24.8. The normalized spacial score (nSPS) is 10.9. The number of para-hydroxylation sites is 2. The zero-order valence-corrected chi connectivity index (χ0v) is 31.0. The van der Waals surface area contributed by atoms with E-state index in [9.17, 15) is 35.9 Å². The van der Waals surface area contributed by atoms with E-state index in [0.717, 1.165) is 19.3 Å². The van der Waals surface area contributed by atoms with Gasteiger partial charge in [-0.25, -0.2) is 14.2 Å². The van der Waals surface area contributed by atoms with E-state index < -0.39 is 41.3 Å². The Morgan fingerprint density at radius 2 is 1.06 bits per heavy atom. The van der Waals surface area contributed by atoms with E-state index >= 15 is 0 Å². The van der Waals surface area contributed by atoms with Gasteiger partial charge in [-0.05, 0) is 72.8 Å². The summed E-state index contributed by atoms with van der Waals surface area (Å²) in [5, 5.41) is 18.5. The summed E-state index contributed by atoms with van der Waals surface area (Å²) < 4.78 is 80.3. The van der Waals surface area contributed by atoms with Gasteiger partial charge in [0.1, 0.15) is 5.69 Å². The maximum absolute atomic E-state index is 13.1. The van der Waals surface area contributed by atoms with Crippen LogP contribution in [-0.4, -0.2) is 36.5 Å². The molecule has 0 spiro atoms. The van der Waals surface area contributed by atoms with Crippen LogP contribution in [0, 0.1) is 0 Å². The SMILES string of the molecule is C.Nc1ccc(Br)cc1.O=C(Nc1ccc(Br)cc1)c1cc(C(F)(F)F)nn1-c1ccccc1Cl.O=C(O)c1cc(C(F)(F)F)nn1-c1ccccc1Cl. The van der Waals surface area contributed by atoms with E-state index in [1.807, 2.05) is 24.3 Å². The smallest absolute Gasteiger partial charge is 0.435 e. The van der Waals surface area contributed by atoms with E-state index in [1.165, 1.54) is 30.3 Å². The van der Waals surface area contributed by atoms with Crippen LogP contribution in [-0.2, 0) is 12.4 Å². The number of rotatable bonds is 5. The number of nitrogen functional groups attached to an aromatic ring is 1. The number of carboxylic acids is 1. The molecule has 0 saturated heterocycles. The van der Waals surface area contributed by atoms with Crippen molar-refractivity contribution in [1.29, 1.82) is 0 Å². The molecule has 0 fully saturated rings. The number of hydrogen-bond donors (Lipinski definition) is 3. The van der Waals surface area contributed by atoms with Crippen LogP contribution in [0.25, 0.3) is 11.4 Å². The van der Waals surface area contributed by atoms with Crippen LogP contribution in [0.1, 0.15) is 39.8 Å². The summed E-state index contributed by atoms with van der Waals surface area (Å²) in [6, 6.07) is 27.4. The largest absolute Gasteiger partial charge is 0.477 e. The van der Waals surface area contributed by atoms with Crippen molar-refractivity contribution in [3.8, 4) is 11.4 Å². The Bertz CT molecular complexity index is 2190. The van der Waals surface area contributed by atoms with Crippen molar-refractivity contribution in [2.75, 3.05) is 11.1 Å². The number of amides is 1. The van der Waals surface area contributed by atoms with Gasteiger partial charge >= 0.3 is 18.3 Å². The Morgan fingerprint density at radius 1 is 0.667 bits per heavy atom. The molecule has 4 N–H and O–H groups in total. The highest BCUT2D eigenvalue weighted by Gasteiger charge is 2.37. The van der Waals surface area contributed by atoms with Crippen molar-refractivity contribution in [1.82, 2.24) is 19.6 Å². The fourth-order valence-electron chi connectivity index (χ4n) is 4.16. The van der Waals surface area contributed by atoms with Gasteiger partial charge < -0.3 is 16.2 Å². The molecule has 284 valence electrons. The van der Waals surface area contributed by atoms with Gasteiger partial charge in [-0.2, -0.15) is 36.5 Å². The lowest BCUT2D eigenvalue weighted by Crippen LogP contribution is -2.17. The highest BCUT2D eigenvalue weighted by Crippen LogP contribution is 2.32. The summed E-state index contributed by atoms with van der Waals surface area (Å²) in [7, 11) is 0. The minimum Gasteiger partial charge on any atom is -0.477 e. The second kappa shape index (κ2) is 18.5. The van der Waals surface area contributed by atoms with Crippen molar-refractivity contribution in [2.24, 2.45) is 0 Å². The van der Waals surface area contributed by atoms with Gasteiger partial charge in [-0.15, -0.1) is 0 Å². The number of alkyl halides is 6. The number of nitrogens with two attached hydrogens (primary N) is 1. The van der Waals surface area contributed by atoms with Crippen LogP contribution >= 0.6 is 55.1 Å². The number of carbonyl (C=O) groups excluding carboxylic acids is 1. The number of aromatic carboxylic acids is 1. The first-order valence-corrected chi connectivity index (χ1v) is 16.8. The average Bonchev–Trinajstić information content (AvgIpc) is 3.75. The molecule has 0 aliphatic rings. The molecule has 4 aromatic carbocycles. The Balaban J connectivity index is 0.000000244. The van der Waals surface area contributed by atoms with Gasteiger partial charge in [0.15, 0.2) is 17.1 Å². The standard InChI is InChI=1S/C17H10BrClF3N3O.C11H6ClF3N2O2.C6H6BrN.CH4/c18-10-5-7-11(8-6-10)23-16(26)14-9-15(17(20,21)22)24-25(14)13-4-2-1-3-12(13)19;12-6-3-1-2-4-7(6)17-8(10(18)19)5-9(16-17)11(13,14)15;7-5-1-3-6(8)4-2-5;/h1-9H,(H,23,26);1-5H,(H,18,19);1-4H,8H2;1H4. The van der Waals surface area contributed by atoms with E-state index in [1.54, 1.807) is 42.5 Å². The molecule has 0 unspecified atom stereocenters. The molecule has 54 heavy (non-hydrogen) atoms. The van der Waals surface area contributed by atoms with Gasteiger partial charge in [0.2, 0.25) is 0 Å². The lowest BCUT2D eigenvalue weighted by molar-refractivity contribution is -0.142. The molecular weight excluding hydrogens is 897 g/mol. The number of hydrogen-bond acceptors (Lipinski definition) is 5. The molecule has 0 aliphatic heterocycles. The molecular formula is C35H26Br2Cl2F6N6O3. The van der Waals surface area contributed by atoms with Gasteiger partial charge in [0, 0.05) is 32.5 Å². The molecule has 2 aromatic heterocycles. The van der Waals surface area contributed by atoms with Gasteiger partial charge in [-0.3, -0.25) is 4.79 Å². The van der Waals surface area contributed by atoms with Crippen molar-refractivity contribution in [2.45, 2.75) is 19.8 Å². The van der Waals surface area contributed by atoms with Crippen molar-refractivity contribution >= 4 is 78.3 Å². The average molecular weight is 923 g/mol. The minimum absolute atomic E-state index is 0. The number of benzene rings is 4. The Kier molecular flexibility index (Phi) is 14.9. The number of nitrogens with one attached hydrogen (secondary N) is 1. The summed E-state index contributed by atoms with van der Waals surface area (Å²) in [5.74, 6) is -2.27. The first kappa shape index (κ1) is 43.6. The van der Waals surface area contributed by atoms with Crippen LogP contribution < -0.4 is 11.1 Å². The van der Waals surface area contributed by atoms with E-state index in [0.29, 0.717) is 22.5 Å². The quantitative estimate of drug-likeness (QED) is 0.117. The summed E-state index contributed by atoms with van der Waals surface area (Å²) in [5.41, 5.74) is 3.51. The van der Waals surface area contributed by atoms with E-state index in [4.69, 9.17) is 34.0 Å². The first-order valence-electron chi connectivity index (χ1n) is 14.5. The number of nitrogens with zero attached hydrogens (tertiary/aromatic N) is 4. The molecule has 0 saturated carbocycles. The zero-order chi connectivity index (χ0) is 39.1. The van der Waals surface area contributed by atoms with E-state index in [-0.39, 0.29) is 34.5 Å². The van der Waals surface area contributed by atoms with Crippen LogP contribution in [0.3, 0.4) is 0 Å². The zero-order valence-electron chi connectivity index (χ0n) is 26.3. The third-order valence-electron chi connectivity index (χ3n) is 6.58. The summed E-state index contributed by atoms with van der Waals surface area (Å²) in [6.07, 6.45) is -9.42. The topological polar surface area (TPSA) is 128 Å². The highest BCUT2D eigenvalue weighted by molar-refractivity contribution is 9.10. The Labute approximate surface area is 330 Å². The molecule has 6 aromatic rings. The van der Waals surface area contributed by atoms with Gasteiger partial charge in [-0.1, -0.05) is 86.8 Å². The maximum atomic E-state index is 13.1. The molecule has 0 atom stereocenters. The summed E-state index contributed by atoms with van der Waals surface area (Å²) in [6.45, 7) is 0. The van der Waals surface area contributed by atoms with Crippen LogP contribution in [0.15, 0.2) is 118 Å². The molecule has 0 aliphatic carbocycles. The monoisotopic (exact) mass is 920 g/mol. The third-order valence-corrected chi connectivity index (χ3v) is 8.28. The Hall–Kier alpha value is -4.84. The van der Waals surface area contributed by atoms with Crippen molar-refractivity contribution in [3.63, 3.8) is 0 Å². The van der Waals surface area contributed by atoms with Crippen LogP contribution in [0.5, 0.6) is 0 Å². The Morgan fingerprint density at radius 3 is 1.44 bits per heavy atom. The maximum Gasteiger partial charge on any atom is 0.435 e. The minimum atomic E-state index is -4.73. The third kappa shape index (κ3) is 11.6. The lowest BCUT2D eigenvalue weighted by Gasteiger charge is -2.09. The lowest BCUT2D eigenvalue weighted by atomic mass is 10.2. The number of carbonyl (C=O) groups is 2. The fraction of sp³-hybridized carbons (Fsp3) is 0.0857. The molecule has 0 bridgehead atoms. The molecule has 1 amide bonds. The summed E-state index contributed by atoms with van der Waals surface area (Å²) in [4.78, 5) is 23.5. The van der Waals surface area contributed by atoms with E-state index in [2.05, 4.69) is 47.4 Å². The number of carboxylic acid groups (broad SMARTS) is 1. The number of halogens is 10. The fourth-order valence-corrected chi connectivity index (χ4v) is 5.12. The number of anilines is 2. The predicted molar refractivity (Wildman–Crippen MR) is 201 cm³/mol. The second-order valence-corrected chi connectivity index (χ2v) is 13.0. The van der Waals surface area contributed by atoms with Gasteiger partial charge in [0.25, 0.3) is 5.91 Å². The predicted octanol–water partition coefficient (Wildman–Crippen LogP) is 11.5. The molecule has 19 heteroatoms. The second-order valence-electron chi connectivity index (χ2n) is 10.4. The molecule has 6 rings (SSSR count). The van der Waals surface area contributed by atoms with Gasteiger partial charge in [0.05, 0.1) is 21.4 Å². The summed E-state index contributed by atoms with van der Waals surface area (Å²) >= 11 is 18.4. The number of aromatic nitrogens is 4. The van der Waals surface area contributed by atoms with Crippen LogP contribution in [0.2, 0.25) is 10.0 Å². The van der Waals surface area contributed by atoms with Crippen molar-refractivity contribution in [3.05, 3.63) is 151 Å². The highest BCUT2D eigenvalue weighted by atomic mass is 79.9.